The number of methoxy groups -OCH3 is 2. The molecule has 0 atom stereocenters. The van der Waals surface area contributed by atoms with Gasteiger partial charge in [-0.2, -0.15) is 0 Å². The second-order valence-electron chi connectivity index (χ2n) is 6.00. The topological polar surface area (TPSA) is 89.1 Å². The van der Waals surface area contributed by atoms with Crippen molar-refractivity contribution in [1.29, 1.82) is 0 Å². The fourth-order valence-electron chi connectivity index (χ4n) is 2.61. The van der Waals surface area contributed by atoms with Gasteiger partial charge < -0.3 is 14.8 Å². The molecule has 0 saturated carbocycles. The number of rotatable bonds is 8. The summed E-state index contributed by atoms with van der Waals surface area (Å²) in [7, 11) is 3.26. The highest BCUT2D eigenvalue weighted by Crippen LogP contribution is 2.13. The first-order valence-electron chi connectivity index (χ1n) is 8.63. The number of benzene rings is 2. The number of aromatic amines is 1. The van der Waals surface area contributed by atoms with E-state index in [1.807, 2.05) is 48.5 Å². The van der Waals surface area contributed by atoms with Crippen molar-refractivity contribution in [1.82, 2.24) is 15.2 Å². The smallest absolute Gasteiger partial charge is 0.274 e. The molecule has 0 unspecified atom stereocenters. The standard InChI is InChI=1S/C20H22N4O3/c1-26-16-7-3-14(4-8-16)11-12-21-20-22-19(25)18(23-24-20)13-15-5-9-17(27-2)10-6-15/h3-10H,11-13H2,1-2H3,(H2,21,22,24,25). The number of anilines is 1. The molecular formula is C20H22N4O3. The quantitative estimate of drug-likeness (QED) is 0.636. The molecule has 0 aliphatic rings. The Hall–Kier alpha value is -3.35. The maximum Gasteiger partial charge on any atom is 0.274 e. The largest absolute Gasteiger partial charge is 0.497 e. The summed E-state index contributed by atoms with van der Waals surface area (Å²) < 4.78 is 10.3. The molecule has 0 fully saturated rings. The van der Waals surface area contributed by atoms with E-state index in [0.717, 1.165) is 29.0 Å². The SMILES string of the molecule is COc1ccc(CCNc2nnc(Cc3ccc(OC)cc3)c(=O)[nH]2)cc1. The van der Waals surface area contributed by atoms with Crippen LogP contribution in [0.15, 0.2) is 53.3 Å². The molecule has 0 amide bonds. The average Bonchev–Trinajstić information content (AvgIpc) is 2.71. The van der Waals surface area contributed by atoms with Crippen LogP contribution in [0.4, 0.5) is 5.95 Å². The van der Waals surface area contributed by atoms with Crippen LogP contribution in [-0.4, -0.2) is 35.9 Å². The highest BCUT2D eigenvalue weighted by atomic mass is 16.5. The first-order chi connectivity index (χ1) is 13.2. The molecule has 140 valence electrons. The van der Waals surface area contributed by atoms with E-state index in [1.54, 1.807) is 14.2 Å². The fraction of sp³-hybridized carbons (Fsp3) is 0.250. The number of hydrogen-bond acceptors (Lipinski definition) is 6. The molecule has 1 heterocycles. The second kappa shape index (κ2) is 8.84. The highest BCUT2D eigenvalue weighted by Gasteiger charge is 2.06. The second-order valence-corrected chi connectivity index (χ2v) is 6.00. The van der Waals surface area contributed by atoms with Crippen molar-refractivity contribution < 1.29 is 9.47 Å². The molecule has 27 heavy (non-hydrogen) atoms. The molecular weight excluding hydrogens is 344 g/mol. The molecule has 0 radical (unpaired) electrons. The van der Waals surface area contributed by atoms with Gasteiger partial charge in [0.15, 0.2) is 0 Å². The first kappa shape index (κ1) is 18.4. The number of ether oxygens (including phenoxy) is 2. The van der Waals surface area contributed by atoms with Crippen molar-refractivity contribution in [2.45, 2.75) is 12.8 Å². The van der Waals surface area contributed by atoms with Crippen LogP contribution in [0.3, 0.4) is 0 Å². The third kappa shape index (κ3) is 5.07. The Bertz CT molecular complexity index is 921. The Morgan fingerprint density at radius 2 is 1.48 bits per heavy atom. The Morgan fingerprint density at radius 1 is 0.889 bits per heavy atom. The predicted molar refractivity (Wildman–Crippen MR) is 104 cm³/mol. The van der Waals surface area contributed by atoms with Gasteiger partial charge in [0, 0.05) is 13.0 Å². The number of aromatic nitrogens is 3. The van der Waals surface area contributed by atoms with Gasteiger partial charge in [0.2, 0.25) is 5.95 Å². The Balaban J connectivity index is 1.56. The number of H-pyrrole nitrogens is 1. The Morgan fingerprint density at radius 3 is 2.04 bits per heavy atom. The van der Waals surface area contributed by atoms with Gasteiger partial charge in [-0.15, -0.1) is 10.2 Å². The molecule has 3 aromatic rings. The van der Waals surface area contributed by atoms with Gasteiger partial charge in [0.05, 0.1) is 14.2 Å². The first-order valence-corrected chi connectivity index (χ1v) is 8.63. The van der Waals surface area contributed by atoms with E-state index in [1.165, 1.54) is 0 Å². The summed E-state index contributed by atoms with van der Waals surface area (Å²) in [6.07, 6.45) is 1.21. The van der Waals surface area contributed by atoms with E-state index in [0.29, 0.717) is 24.6 Å². The van der Waals surface area contributed by atoms with Gasteiger partial charge in [-0.25, -0.2) is 0 Å². The Kier molecular flexibility index (Phi) is 6.04. The molecule has 7 nitrogen and oxygen atoms in total. The third-order valence-electron chi connectivity index (χ3n) is 4.16. The summed E-state index contributed by atoms with van der Waals surface area (Å²) in [5.41, 5.74) is 2.26. The monoisotopic (exact) mass is 366 g/mol. The maximum absolute atomic E-state index is 12.2. The number of hydrogen-bond donors (Lipinski definition) is 2. The summed E-state index contributed by atoms with van der Waals surface area (Å²) in [5, 5.41) is 11.2. The highest BCUT2D eigenvalue weighted by molar-refractivity contribution is 5.31. The van der Waals surface area contributed by atoms with Gasteiger partial charge >= 0.3 is 0 Å². The maximum atomic E-state index is 12.2. The molecule has 2 N–H and O–H groups in total. The summed E-state index contributed by atoms with van der Waals surface area (Å²) in [5.74, 6) is 1.97. The molecule has 0 spiro atoms. The van der Waals surface area contributed by atoms with Crippen LogP contribution in [0, 0.1) is 0 Å². The predicted octanol–water partition coefficient (Wildman–Crippen LogP) is 2.43. The molecule has 0 saturated heterocycles. The van der Waals surface area contributed by atoms with Crippen LogP contribution in [0.1, 0.15) is 16.8 Å². The van der Waals surface area contributed by atoms with Crippen LogP contribution in [0.5, 0.6) is 11.5 Å². The lowest BCUT2D eigenvalue weighted by atomic mass is 10.1. The van der Waals surface area contributed by atoms with Crippen molar-refractivity contribution in [2.24, 2.45) is 0 Å². The minimum Gasteiger partial charge on any atom is -0.497 e. The molecule has 1 aromatic heterocycles. The number of nitrogens with zero attached hydrogens (tertiary/aromatic N) is 2. The van der Waals surface area contributed by atoms with Crippen molar-refractivity contribution in [2.75, 3.05) is 26.1 Å². The van der Waals surface area contributed by atoms with Crippen LogP contribution in [0.25, 0.3) is 0 Å². The average molecular weight is 366 g/mol. The summed E-state index contributed by atoms with van der Waals surface area (Å²) in [4.78, 5) is 15.0. The van der Waals surface area contributed by atoms with Gasteiger partial charge in [0.1, 0.15) is 17.2 Å². The molecule has 0 aliphatic heterocycles. The molecule has 2 aromatic carbocycles. The summed E-state index contributed by atoms with van der Waals surface area (Å²) >= 11 is 0. The normalized spacial score (nSPS) is 10.4. The van der Waals surface area contributed by atoms with Gasteiger partial charge in [0.25, 0.3) is 5.56 Å². The van der Waals surface area contributed by atoms with Crippen molar-refractivity contribution in [3.63, 3.8) is 0 Å². The minimum atomic E-state index is -0.243. The lowest BCUT2D eigenvalue weighted by Gasteiger charge is -2.07. The third-order valence-corrected chi connectivity index (χ3v) is 4.16. The van der Waals surface area contributed by atoms with Crippen molar-refractivity contribution >= 4 is 5.95 Å². The van der Waals surface area contributed by atoms with E-state index in [9.17, 15) is 4.79 Å². The van der Waals surface area contributed by atoms with Gasteiger partial charge in [-0.3, -0.25) is 9.78 Å². The molecule has 0 bridgehead atoms. The summed E-state index contributed by atoms with van der Waals surface area (Å²) in [6, 6.07) is 15.4. The van der Waals surface area contributed by atoms with Crippen LogP contribution in [-0.2, 0) is 12.8 Å². The summed E-state index contributed by atoms with van der Waals surface area (Å²) in [6.45, 7) is 0.634. The zero-order valence-electron chi connectivity index (χ0n) is 15.4. The van der Waals surface area contributed by atoms with Crippen molar-refractivity contribution in [3.05, 3.63) is 75.7 Å². The number of nitrogens with one attached hydrogen (secondary N) is 2. The Labute approximate surface area is 157 Å². The van der Waals surface area contributed by atoms with E-state index in [2.05, 4.69) is 20.5 Å². The van der Waals surface area contributed by atoms with Crippen LogP contribution >= 0.6 is 0 Å². The minimum absolute atomic E-state index is 0.243. The lowest BCUT2D eigenvalue weighted by molar-refractivity contribution is 0.414. The van der Waals surface area contributed by atoms with Gasteiger partial charge in [-0.05, 0) is 41.8 Å². The van der Waals surface area contributed by atoms with Crippen molar-refractivity contribution in [3.8, 4) is 11.5 Å². The van der Waals surface area contributed by atoms with E-state index in [4.69, 9.17) is 9.47 Å². The van der Waals surface area contributed by atoms with E-state index in [-0.39, 0.29) is 5.56 Å². The van der Waals surface area contributed by atoms with Crippen LogP contribution in [0.2, 0.25) is 0 Å². The van der Waals surface area contributed by atoms with Gasteiger partial charge in [-0.1, -0.05) is 24.3 Å². The molecule has 7 heteroatoms. The molecule has 3 rings (SSSR count). The lowest BCUT2D eigenvalue weighted by Crippen LogP contribution is -2.20. The zero-order valence-corrected chi connectivity index (χ0v) is 15.4. The van der Waals surface area contributed by atoms with Crippen LogP contribution < -0.4 is 20.3 Å². The fourth-order valence-corrected chi connectivity index (χ4v) is 2.61. The zero-order chi connectivity index (χ0) is 19.1. The van der Waals surface area contributed by atoms with E-state index < -0.39 is 0 Å². The van der Waals surface area contributed by atoms with E-state index >= 15 is 0 Å². The molecule has 0 aliphatic carbocycles.